The first-order valence-electron chi connectivity index (χ1n) is 5.17. The molecule has 0 amide bonds. The summed E-state index contributed by atoms with van der Waals surface area (Å²) in [7, 11) is 0. The Morgan fingerprint density at radius 3 is 2.80 bits per heavy atom. The summed E-state index contributed by atoms with van der Waals surface area (Å²) < 4.78 is 5.16. The van der Waals surface area contributed by atoms with E-state index in [1.54, 1.807) is 6.26 Å². The van der Waals surface area contributed by atoms with E-state index < -0.39 is 0 Å². The van der Waals surface area contributed by atoms with Crippen molar-refractivity contribution in [2.24, 2.45) is 0 Å². The second kappa shape index (κ2) is 3.13. The fourth-order valence-corrected chi connectivity index (χ4v) is 2.33. The molecule has 15 heavy (non-hydrogen) atoms. The molecular weight excluding hydrogens is 184 g/mol. The molecule has 0 radical (unpaired) electrons. The van der Waals surface area contributed by atoms with Crippen LogP contribution in [0.4, 0.5) is 0 Å². The Morgan fingerprint density at radius 1 is 1.13 bits per heavy atom. The third-order valence-electron chi connectivity index (χ3n) is 2.98. The van der Waals surface area contributed by atoms with Gasteiger partial charge in [-0.25, -0.2) is 0 Å². The molecule has 0 aliphatic heterocycles. The monoisotopic (exact) mass is 196 g/mol. The molecule has 0 N–H and O–H groups in total. The van der Waals surface area contributed by atoms with E-state index in [4.69, 9.17) is 4.42 Å². The predicted molar refractivity (Wildman–Crippen MR) is 60.6 cm³/mol. The SMILES string of the molecule is CC1=C(c2ccoc2)c2ccccc2C1. The van der Waals surface area contributed by atoms with Crippen molar-refractivity contribution in [2.75, 3.05) is 0 Å². The molecule has 1 aliphatic carbocycles. The van der Waals surface area contributed by atoms with Gasteiger partial charge >= 0.3 is 0 Å². The zero-order chi connectivity index (χ0) is 10.3. The summed E-state index contributed by atoms with van der Waals surface area (Å²) in [6.07, 6.45) is 4.62. The molecule has 1 nitrogen and oxygen atoms in total. The Balaban J connectivity index is 2.20. The summed E-state index contributed by atoms with van der Waals surface area (Å²) in [5.41, 5.74) is 6.75. The minimum atomic E-state index is 1.07. The highest BCUT2D eigenvalue weighted by Gasteiger charge is 2.19. The maximum atomic E-state index is 5.16. The van der Waals surface area contributed by atoms with Crippen LogP contribution in [-0.4, -0.2) is 0 Å². The minimum Gasteiger partial charge on any atom is -0.472 e. The van der Waals surface area contributed by atoms with Crippen LogP contribution in [0.1, 0.15) is 23.6 Å². The highest BCUT2D eigenvalue weighted by atomic mass is 16.3. The van der Waals surface area contributed by atoms with Gasteiger partial charge in [0.15, 0.2) is 0 Å². The Hall–Kier alpha value is -1.76. The van der Waals surface area contributed by atoms with Crippen molar-refractivity contribution in [3.05, 3.63) is 65.1 Å². The van der Waals surface area contributed by atoms with Crippen molar-refractivity contribution in [2.45, 2.75) is 13.3 Å². The lowest BCUT2D eigenvalue weighted by Gasteiger charge is -2.02. The van der Waals surface area contributed by atoms with Gasteiger partial charge < -0.3 is 4.42 Å². The van der Waals surface area contributed by atoms with E-state index >= 15 is 0 Å². The number of rotatable bonds is 1. The maximum Gasteiger partial charge on any atom is 0.0981 e. The van der Waals surface area contributed by atoms with E-state index in [1.165, 1.54) is 27.8 Å². The third kappa shape index (κ3) is 1.23. The van der Waals surface area contributed by atoms with Gasteiger partial charge in [0.1, 0.15) is 0 Å². The molecule has 0 spiro atoms. The molecule has 1 aromatic heterocycles. The average molecular weight is 196 g/mol. The van der Waals surface area contributed by atoms with Crippen molar-refractivity contribution >= 4 is 5.57 Å². The maximum absolute atomic E-state index is 5.16. The standard InChI is InChI=1S/C14H12O/c1-10-8-11-4-2-3-5-13(11)14(10)12-6-7-15-9-12/h2-7,9H,8H2,1H3. The molecule has 2 aromatic rings. The molecule has 0 atom stereocenters. The van der Waals surface area contributed by atoms with Crippen molar-refractivity contribution in [3.8, 4) is 0 Å². The quantitative estimate of drug-likeness (QED) is 0.678. The van der Waals surface area contributed by atoms with Crippen LogP contribution in [0, 0.1) is 0 Å². The Bertz CT molecular complexity index is 518. The summed E-state index contributed by atoms with van der Waals surface area (Å²) in [5.74, 6) is 0. The molecule has 1 aliphatic rings. The molecule has 0 fully saturated rings. The molecule has 1 heteroatoms. The molecule has 3 rings (SSSR count). The fraction of sp³-hybridized carbons (Fsp3) is 0.143. The molecule has 1 heterocycles. The van der Waals surface area contributed by atoms with E-state index in [-0.39, 0.29) is 0 Å². The van der Waals surface area contributed by atoms with Gasteiger partial charge in [0.25, 0.3) is 0 Å². The largest absolute Gasteiger partial charge is 0.472 e. The number of hydrogen-bond acceptors (Lipinski definition) is 1. The van der Waals surface area contributed by atoms with Crippen LogP contribution in [0.2, 0.25) is 0 Å². The topological polar surface area (TPSA) is 13.1 Å². The summed E-state index contributed by atoms with van der Waals surface area (Å²) in [6.45, 7) is 2.20. The summed E-state index contributed by atoms with van der Waals surface area (Å²) >= 11 is 0. The van der Waals surface area contributed by atoms with Gasteiger partial charge in [-0.2, -0.15) is 0 Å². The van der Waals surface area contributed by atoms with E-state index in [9.17, 15) is 0 Å². The normalized spacial score (nSPS) is 14.5. The van der Waals surface area contributed by atoms with E-state index in [2.05, 4.69) is 31.2 Å². The van der Waals surface area contributed by atoms with Gasteiger partial charge in [-0.3, -0.25) is 0 Å². The molecule has 74 valence electrons. The first-order valence-corrected chi connectivity index (χ1v) is 5.17. The van der Waals surface area contributed by atoms with Crippen LogP contribution in [0.15, 0.2) is 52.8 Å². The molecule has 0 saturated heterocycles. The average Bonchev–Trinajstić information content (AvgIpc) is 2.82. The smallest absolute Gasteiger partial charge is 0.0981 e. The molecule has 1 aromatic carbocycles. The van der Waals surface area contributed by atoms with Crippen molar-refractivity contribution < 1.29 is 4.42 Å². The van der Waals surface area contributed by atoms with Crippen molar-refractivity contribution in [1.29, 1.82) is 0 Å². The van der Waals surface area contributed by atoms with Gasteiger partial charge in [-0.1, -0.05) is 29.8 Å². The lowest BCUT2D eigenvalue weighted by molar-refractivity contribution is 0.566. The minimum absolute atomic E-state index is 1.07. The van der Waals surface area contributed by atoms with Crippen LogP contribution >= 0.6 is 0 Å². The highest BCUT2D eigenvalue weighted by Crippen LogP contribution is 2.36. The molecule has 0 saturated carbocycles. The van der Waals surface area contributed by atoms with Crippen LogP contribution < -0.4 is 0 Å². The number of hydrogen-bond donors (Lipinski definition) is 0. The lowest BCUT2D eigenvalue weighted by atomic mass is 10.0. The Kier molecular flexibility index (Phi) is 1.78. The van der Waals surface area contributed by atoms with E-state index in [0.717, 1.165) is 6.42 Å². The van der Waals surface area contributed by atoms with Gasteiger partial charge in [0, 0.05) is 5.56 Å². The number of allylic oxidation sites excluding steroid dienone is 1. The van der Waals surface area contributed by atoms with Crippen molar-refractivity contribution in [1.82, 2.24) is 0 Å². The summed E-state index contributed by atoms with van der Waals surface area (Å²) in [5, 5.41) is 0. The Morgan fingerprint density at radius 2 is 2.00 bits per heavy atom. The molecular formula is C14H12O. The van der Waals surface area contributed by atoms with Gasteiger partial charge in [0.05, 0.1) is 12.5 Å². The van der Waals surface area contributed by atoms with Crippen LogP contribution in [0.3, 0.4) is 0 Å². The van der Waals surface area contributed by atoms with Crippen LogP contribution in [-0.2, 0) is 6.42 Å². The van der Waals surface area contributed by atoms with E-state index in [0.29, 0.717) is 0 Å². The number of fused-ring (bicyclic) bond motifs is 1. The zero-order valence-electron chi connectivity index (χ0n) is 8.66. The second-order valence-corrected chi connectivity index (χ2v) is 4.00. The number of furan rings is 1. The van der Waals surface area contributed by atoms with Gasteiger partial charge in [0.2, 0.25) is 0 Å². The van der Waals surface area contributed by atoms with Crippen LogP contribution in [0.25, 0.3) is 5.57 Å². The zero-order valence-corrected chi connectivity index (χ0v) is 8.66. The highest BCUT2D eigenvalue weighted by molar-refractivity contribution is 5.86. The van der Waals surface area contributed by atoms with E-state index in [1.807, 2.05) is 12.3 Å². The summed E-state index contributed by atoms with van der Waals surface area (Å²) in [4.78, 5) is 0. The lowest BCUT2D eigenvalue weighted by Crippen LogP contribution is -1.84. The first-order chi connectivity index (χ1) is 7.36. The predicted octanol–water partition coefficient (Wildman–Crippen LogP) is 3.66. The third-order valence-corrected chi connectivity index (χ3v) is 2.98. The Labute approximate surface area is 89.0 Å². The van der Waals surface area contributed by atoms with Gasteiger partial charge in [-0.05, 0) is 36.1 Å². The molecule has 0 unspecified atom stereocenters. The van der Waals surface area contributed by atoms with Crippen LogP contribution in [0.5, 0.6) is 0 Å². The molecule has 0 bridgehead atoms. The first kappa shape index (κ1) is 8.54. The second-order valence-electron chi connectivity index (χ2n) is 4.00. The fourth-order valence-electron chi connectivity index (χ4n) is 2.33. The van der Waals surface area contributed by atoms with Crippen molar-refractivity contribution in [3.63, 3.8) is 0 Å². The summed E-state index contributed by atoms with van der Waals surface area (Å²) in [6, 6.07) is 10.6. The number of benzene rings is 1. The van der Waals surface area contributed by atoms with Gasteiger partial charge in [-0.15, -0.1) is 0 Å².